The Balaban J connectivity index is 1.74. The van der Waals surface area contributed by atoms with E-state index in [9.17, 15) is 9.59 Å². The number of carbonyl (C=O) groups excluding carboxylic acids is 1. The van der Waals surface area contributed by atoms with Gasteiger partial charge in [0, 0.05) is 10.2 Å². The summed E-state index contributed by atoms with van der Waals surface area (Å²) in [6.45, 7) is 6.52. The Morgan fingerprint density at radius 1 is 1.08 bits per heavy atom. The Morgan fingerprint density at radius 3 is 2.61 bits per heavy atom. The minimum absolute atomic E-state index is 0.0160. The van der Waals surface area contributed by atoms with Crippen molar-refractivity contribution in [2.45, 2.75) is 26.8 Å². The molecule has 0 radical (unpaired) electrons. The van der Waals surface area contributed by atoms with Crippen LogP contribution in [0.15, 0.2) is 68.3 Å². The molecule has 0 spiro atoms. The van der Waals surface area contributed by atoms with Crippen LogP contribution in [0.3, 0.4) is 0 Å². The van der Waals surface area contributed by atoms with Crippen molar-refractivity contribution >= 4 is 38.6 Å². The van der Waals surface area contributed by atoms with Gasteiger partial charge in [0.2, 0.25) is 5.76 Å². The number of aryl methyl sites for hydroxylation is 1. The van der Waals surface area contributed by atoms with Gasteiger partial charge in [-0.15, -0.1) is 0 Å². The predicted octanol–water partition coefficient (Wildman–Crippen LogP) is 6.05. The van der Waals surface area contributed by atoms with Crippen LogP contribution in [-0.2, 0) is 0 Å². The lowest BCUT2D eigenvalue weighted by molar-refractivity contribution is 0.0970. The molecule has 1 amide bonds. The number of anilines is 1. The van der Waals surface area contributed by atoms with Gasteiger partial charge >= 0.3 is 0 Å². The van der Waals surface area contributed by atoms with E-state index in [4.69, 9.17) is 13.9 Å². The summed E-state index contributed by atoms with van der Waals surface area (Å²) in [5.74, 6) is 1.47. The van der Waals surface area contributed by atoms with Gasteiger partial charge in [-0.05, 0) is 60.9 Å². The first-order chi connectivity index (χ1) is 17.3. The fourth-order valence-electron chi connectivity index (χ4n) is 4.39. The van der Waals surface area contributed by atoms with Crippen molar-refractivity contribution in [3.05, 3.63) is 91.9 Å². The van der Waals surface area contributed by atoms with Gasteiger partial charge in [0.15, 0.2) is 16.9 Å². The second kappa shape index (κ2) is 9.43. The van der Waals surface area contributed by atoms with E-state index in [-0.39, 0.29) is 16.8 Å². The number of methoxy groups -OCH3 is 1. The van der Waals surface area contributed by atoms with Gasteiger partial charge in [0.25, 0.3) is 5.91 Å². The molecule has 184 valence electrons. The summed E-state index contributed by atoms with van der Waals surface area (Å²) in [4.78, 5) is 33.6. The van der Waals surface area contributed by atoms with Gasteiger partial charge in [-0.3, -0.25) is 14.5 Å². The first kappa shape index (κ1) is 24.1. The molecule has 2 aromatic heterocycles. The van der Waals surface area contributed by atoms with Crippen LogP contribution in [0.5, 0.6) is 11.5 Å². The first-order valence-electron chi connectivity index (χ1n) is 11.6. The van der Waals surface area contributed by atoms with Crippen molar-refractivity contribution in [3.63, 3.8) is 0 Å². The molecule has 7 nitrogen and oxygen atoms in total. The molecule has 3 heterocycles. The summed E-state index contributed by atoms with van der Waals surface area (Å²) in [5.41, 5.74) is 1.79. The Labute approximate surface area is 216 Å². The highest BCUT2D eigenvalue weighted by Crippen LogP contribution is 2.43. The van der Waals surface area contributed by atoms with Crippen molar-refractivity contribution in [1.29, 1.82) is 0 Å². The fraction of sp³-hybridized carbons (Fsp3) is 0.250. The molecule has 36 heavy (non-hydrogen) atoms. The molecular formula is C28H25BrN2O5. The minimum Gasteiger partial charge on any atom is -0.493 e. The molecule has 0 saturated heterocycles. The van der Waals surface area contributed by atoms with Gasteiger partial charge in [-0.25, -0.2) is 4.98 Å². The van der Waals surface area contributed by atoms with E-state index in [1.54, 1.807) is 43.5 Å². The monoisotopic (exact) mass is 548 g/mol. The topological polar surface area (TPSA) is 81.9 Å². The maximum atomic E-state index is 13.8. The lowest BCUT2D eigenvalue weighted by Gasteiger charge is -2.25. The van der Waals surface area contributed by atoms with Crippen molar-refractivity contribution in [2.75, 3.05) is 18.6 Å². The molecule has 1 unspecified atom stereocenters. The maximum absolute atomic E-state index is 13.8. The summed E-state index contributed by atoms with van der Waals surface area (Å²) in [6.07, 6.45) is 0. The average molecular weight is 549 g/mol. The average Bonchev–Trinajstić information content (AvgIpc) is 3.15. The van der Waals surface area contributed by atoms with Gasteiger partial charge in [-0.2, -0.15) is 0 Å². The van der Waals surface area contributed by atoms with E-state index in [0.717, 1.165) is 10.2 Å². The first-order valence-corrected chi connectivity index (χ1v) is 12.4. The number of benzene rings is 2. The van der Waals surface area contributed by atoms with Crippen LogP contribution in [0.4, 0.5) is 5.82 Å². The second-order valence-corrected chi connectivity index (χ2v) is 10.1. The number of ether oxygens (including phenoxy) is 2. The lowest BCUT2D eigenvalue weighted by Crippen LogP contribution is -2.30. The van der Waals surface area contributed by atoms with Crippen LogP contribution in [0, 0.1) is 12.8 Å². The van der Waals surface area contributed by atoms with Crippen molar-refractivity contribution in [1.82, 2.24) is 4.98 Å². The molecule has 4 aromatic rings. The summed E-state index contributed by atoms with van der Waals surface area (Å²) in [7, 11) is 1.56. The molecule has 2 aromatic carbocycles. The van der Waals surface area contributed by atoms with Gasteiger partial charge < -0.3 is 13.9 Å². The molecule has 1 aliphatic rings. The van der Waals surface area contributed by atoms with E-state index >= 15 is 0 Å². The Hall–Kier alpha value is -3.65. The molecule has 0 saturated carbocycles. The van der Waals surface area contributed by atoms with Crippen LogP contribution >= 0.6 is 15.9 Å². The van der Waals surface area contributed by atoms with E-state index in [2.05, 4.69) is 34.8 Å². The number of hydrogen-bond donors (Lipinski definition) is 0. The van der Waals surface area contributed by atoms with Crippen LogP contribution in [-0.4, -0.2) is 24.6 Å². The highest BCUT2D eigenvalue weighted by atomic mass is 79.9. The van der Waals surface area contributed by atoms with E-state index in [1.807, 2.05) is 25.1 Å². The number of halogens is 1. The number of nitrogens with zero attached hydrogens (tertiary/aromatic N) is 2. The fourth-order valence-corrected chi connectivity index (χ4v) is 4.75. The second-order valence-electron chi connectivity index (χ2n) is 9.14. The molecular weight excluding hydrogens is 524 g/mol. The quantitative estimate of drug-likeness (QED) is 0.291. The summed E-state index contributed by atoms with van der Waals surface area (Å²) >= 11 is 3.43. The third kappa shape index (κ3) is 4.15. The Bertz CT molecular complexity index is 1550. The number of pyridine rings is 1. The molecule has 1 atom stereocenters. The molecule has 0 aliphatic carbocycles. The number of amides is 1. The van der Waals surface area contributed by atoms with Crippen LogP contribution in [0.25, 0.3) is 11.0 Å². The molecule has 1 aliphatic heterocycles. The normalized spacial score (nSPS) is 15.0. The van der Waals surface area contributed by atoms with Crippen molar-refractivity contribution in [3.8, 4) is 11.5 Å². The highest BCUT2D eigenvalue weighted by molar-refractivity contribution is 9.10. The smallest absolute Gasteiger partial charge is 0.296 e. The zero-order valence-electron chi connectivity index (χ0n) is 20.4. The summed E-state index contributed by atoms with van der Waals surface area (Å²) < 4.78 is 18.3. The molecule has 0 fully saturated rings. The SMILES string of the molecule is COc1cc(C2c3c(oc4ccc(Br)cc4c3=O)C(=O)N2c2cccc(C)n2)ccc1OCC(C)C. The van der Waals surface area contributed by atoms with E-state index in [0.29, 0.717) is 46.4 Å². The van der Waals surface area contributed by atoms with Crippen LogP contribution < -0.4 is 19.8 Å². The molecule has 0 N–H and O–H groups in total. The number of hydrogen-bond acceptors (Lipinski definition) is 6. The minimum atomic E-state index is -0.755. The largest absolute Gasteiger partial charge is 0.493 e. The Kier molecular flexibility index (Phi) is 6.30. The van der Waals surface area contributed by atoms with Crippen molar-refractivity contribution < 1.29 is 18.7 Å². The van der Waals surface area contributed by atoms with Crippen LogP contribution in [0.1, 0.15) is 47.3 Å². The zero-order valence-corrected chi connectivity index (χ0v) is 22.0. The number of carbonyl (C=O) groups is 1. The van der Waals surface area contributed by atoms with Crippen molar-refractivity contribution in [2.24, 2.45) is 5.92 Å². The Morgan fingerprint density at radius 2 is 1.89 bits per heavy atom. The highest BCUT2D eigenvalue weighted by Gasteiger charge is 2.44. The number of rotatable bonds is 6. The van der Waals surface area contributed by atoms with E-state index in [1.165, 1.54) is 4.90 Å². The van der Waals surface area contributed by atoms with Gasteiger partial charge in [0.05, 0.1) is 30.7 Å². The standard InChI is InChI=1S/C28H25BrN2O5/c1-15(2)14-35-21-10-8-17(12-22(21)34-4)25-24-26(32)19-13-18(29)9-11-20(19)36-27(24)28(33)31(25)23-7-5-6-16(3)30-23/h5-13,15,25H,14H2,1-4H3. The molecule has 5 rings (SSSR count). The maximum Gasteiger partial charge on any atom is 0.296 e. The lowest BCUT2D eigenvalue weighted by atomic mass is 9.98. The third-order valence-corrected chi connectivity index (χ3v) is 6.52. The summed E-state index contributed by atoms with van der Waals surface area (Å²) in [5, 5.41) is 0.392. The molecule has 0 bridgehead atoms. The summed E-state index contributed by atoms with van der Waals surface area (Å²) in [6, 6.07) is 15.3. The number of fused-ring (bicyclic) bond motifs is 2. The van der Waals surface area contributed by atoms with Gasteiger partial charge in [-0.1, -0.05) is 41.9 Å². The van der Waals surface area contributed by atoms with Gasteiger partial charge in [0.1, 0.15) is 11.4 Å². The number of aromatic nitrogens is 1. The third-order valence-electron chi connectivity index (χ3n) is 6.03. The zero-order chi connectivity index (χ0) is 25.6. The molecule has 8 heteroatoms. The van der Waals surface area contributed by atoms with Crippen LogP contribution in [0.2, 0.25) is 0 Å². The van der Waals surface area contributed by atoms with E-state index < -0.39 is 11.9 Å². The predicted molar refractivity (Wildman–Crippen MR) is 141 cm³/mol.